The van der Waals surface area contributed by atoms with Gasteiger partial charge in [0, 0.05) is 6.08 Å². The fraction of sp³-hybridized carbons (Fsp3) is 0.500. The molecule has 0 aliphatic rings. The van der Waals surface area contributed by atoms with Crippen LogP contribution in [0.3, 0.4) is 0 Å². The first-order valence-corrected chi connectivity index (χ1v) is 4.21. The minimum Gasteiger partial charge on any atom is -0.463 e. The maximum absolute atomic E-state index is 10.5. The van der Waals surface area contributed by atoms with E-state index in [1.165, 1.54) is 6.08 Å². The Hall–Kier alpha value is -1.05. The van der Waals surface area contributed by atoms with Gasteiger partial charge in [0.1, 0.15) is 0 Å². The Bertz CT molecular complexity index is 159. The van der Waals surface area contributed by atoms with Crippen LogP contribution >= 0.6 is 0 Å². The van der Waals surface area contributed by atoms with E-state index in [1.54, 1.807) is 0 Å². The van der Waals surface area contributed by atoms with E-state index < -0.39 is 0 Å². The van der Waals surface area contributed by atoms with Gasteiger partial charge in [-0.05, 0) is 26.2 Å². The number of unbranched alkanes of at least 4 members (excludes halogenated alkanes) is 2. The van der Waals surface area contributed by atoms with Crippen LogP contribution in [0.4, 0.5) is 0 Å². The monoisotopic (exact) mass is 168 g/mol. The van der Waals surface area contributed by atoms with Crippen molar-refractivity contribution in [3.63, 3.8) is 0 Å². The van der Waals surface area contributed by atoms with Crippen molar-refractivity contribution in [3.05, 3.63) is 24.8 Å². The maximum Gasteiger partial charge on any atom is 0.330 e. The molecule has 0 saturated heterocycles. The molecule has 0 atom stereocenters. The number of allylic oxidation sites excluding steroid dienone is 2. The summed E-state index contributed by atoms with van der Waals surface area (Å²) in [5, 5.41) is 0. The summed E-state index contributed by atoms with van der Waals surface area (Å²) in [5.74, 6) is -0.332. The Morgan fingerprint density at radius 1 is 1.50 bits per heavy atom. The Morgan fingerprint density at radius 3 is 2.83 bits per heavy atom. The van der Waals surface area contributed by atoms with Crippen molar-refractivity contribution in [2.24, 2.45) is 0 Å². The summed E-state index contributed by atoms with van der Waals surface area (Å²) in [4.78, 5) is 10.5. The van der Waals surface area contributed by atoms with Crippen LogP contribution in [0.2, 0.25) is 0 Å². The topological polar surface area (TPSA) is 26.3 Å². The normalized spacial score (nSPS) is 10.1. The smallest absolute Gasteiger partial charge is 0.330 e. The van der Waals surface area contributed by atoms with Crippen LogP contribution in [-0.4, -0.2) is 12.6 Å². The van der Waals surface area contributed by atoms with Crippen LogP contribution in [0.25, 0.3) is 0 Å². The van der Waals surface area contributed by atoms with Crippen molar-refractivity contribution in [3.8, 4) is 0 Å². The van der Waals surface area contributed by atoms with Gasteiger partial charge < -0.3 is 4.74 Å². The van der Waals surface area contributed by atoms with Crippen molar-refractivity contribution in [1.82, 2.24) is 0 Å². The minimum atomic E-state index is -0.332. The predicted molar refractivity (Wildman–Crippen MR) is 49.8 cm³/mol. The third kappa shape index (κ3) is 7.06. The zero-order chi connectivity index (χ0) is 9.23. The maximum atomic E-state index is 10.5. The molecule has 0 amide bonds. The van der Waals surface area contributed by atoms with Crippen LogP contribution in [-0.2, 0) is 9.53 Å². The van der Waals surface area contributed by atoms with Crippen molar-refractivity contribution in [1.29, 1.82) is 0 Å². The first-order valence-electron chi connectivity index (χ1n) is 4.21. The van der Waals surface area contributed by atoms with Crippen LogP contribution in [0.5, 0.6) is 0 Å². The fourth-order valence-corrected chi connectivity index (χ4v) is 0.763. The van der Waals surface area contributed by atoms with Gasteiger partial charge in [-0.2, -0.15) is 0 Å². The zero-order valence-electron chi connectivity index (χ0n) is 7.58. The number of hydrogen-bond acceptors (Lipinski definition) is 2. The van der Waals surface area contributed by atoms with E-state index in [2.05, 4.69) is 12.7 Å². The Morgan fingerprint density at radius 2 is 2.25 bits per heavy atom. The van der Waals surface area contributed by atoms with E-state index in [0.717, 1.165) is 19.3 Å². The lowest BCUT2D eigenvalue weighted by Gasteiger charge is -1.99. The lowest BCUT2D eigenvalue weighted by atomic mass is 10.2. The molecule has 2 heteroatoms. The van der Waals surface area contributed by atoms with Crippen LogP contribution in [0.15, 0.2) is 24.8 Å². The number of ether oxygens (including phenoxy) is 1. The lowest BCUT2D eigenvalue weighted by molar-refractivity contribution is -0.137. The zero-order valence-corrected chi connectivity index (χ0v) is 7.58. The van der Waals surface area contributed by atoms with E-state index in [9.17, 15) is 4.79 Å². The number of esters is 1. The van der Waals surface area contributed by atoms with Gasteiger partial charge in [-0.3, -0.25) is 0 Å². The SMILES string of the molecule is C=CC(=O)OCCCCC=CC. The second-order valence-electron chi connectivity index (χ2n) is 2.44. The largest absolute Gasteiger partial charge is 0.463 e. The third-order valence-electron chi connectivity index (χ3n) is 1.41. The van der Waals surface area contributed by atoms with Gasteiger partial charge in [-0.1, -0.05) is 18.7 Å². The third-order valence-corrected chi connectivity index (χ3v) is 1.41. The van der Waals surface area contributed by atoms with E-state index in [-0.39, 0.29) is 5.97 Å². The van der Waals surface area contributed by atoms with Gasteiger partial charge in [-0.25, -0.2) is 4.79 Å². The molecule has 2 nitrogen and oxygen atoms in total. The van der Waals surface area contributed by atoms with E-state index in [4.69, 9.17) is 4.74 Å². The van der Waals surface area contributed by atoms with E-state index in [1.807, 2.05) is 13.0 Å². The van der Waals surface area contributed by atoms with Crippen molar-refractivity contribution in [2.75, 3.05) is 6.61 Å². The minimum absolute atomic E-state index is 0.332. The first kappa shape index (κ1) is 11.0. The highest BCUT2D eigenvalue weighted by molar-refractivity contribution is 5.81. The molecular formula is C10H16O2. The molecule has 68 valence electrons. The Balaban J connectivity index is 3.10. The highest BCUT2D eigenvalue weighted by Crippen LogP contribution is 1.97. The van der Waals surface area contributed by atoms with Crippen LogP contribution < -0.4 is 0 Å². The predicted octanol–water partition coefficient (Wildman–Crippen LogP) is 2.46. The molecule has 0 aromatic rings. The molecule has 0 aliphatic heterocycles. The number of carbonyl (C=O) groups is 1. The van der Waals surface area contributed by atoms with Gasteiger partial charge in [0.05, 0.1) is 6.61 Å². The number of hydrogen-bond donors (Lipinski definition) is 0. The van der Waals surface area contributed by atoms with Crippen LogP contribution in [0, 0.1) is 0 Å². The number of carbonyl (C=O) groups excluding carboxylic acids is 1. The van der Waals surface area contributed by atoms with Gasteiger partial charge >= 0.3 is 5.97 Å². The first-order chi connectivity index (χ1) is 5.81. The summed E-state index contributed by atoms with van der Waals surface area (Å²) in [5.41, 5.74) is 0. The highest BCUT2D eigenvalue weighted by atomic mass is 16.5. The summed E-state index contributed by atoms with van der Waals surface area (Å²) in [6.45, 7) is 5.80. The second-order valence-corrected chi connectivity index (χ2v) is 2.44. The molecule has 0 heterocycles. The Labute approximate surface area is 73.9 Å². The Kier molecular flexibility index (Phi) is 7.35. The van der Waals surface area contributed by atoms with E-state index >= 15 is 0 Å². The summed E-state index contributed by atoms with van der Waals surface area (Å²) in [7, 11) is 0. The summed E-state index contributed by atoms with van der Waals surface area (Å²) in [6, 6.07) is 0. The van der Waals surface area contributed by atoms with Crippen molar-refractivity contribution >= 4 is 5.97 Å². The van der Waals surface area contributed by atoms with Gasteiger partial charge in [0.2, 0.25) is 0 Å². The molecule has 0 fully saturated rings. The average molecular weight is 168 g/mol. The average Bonchev–Trinajstić information content (AvgIpc) is 2.10. The molecule has 0 aromatic carbocycles. The van der Waals surface area contributed by atoms with Crippen molar-refractivity contribution < 1.29 is 9.53 Å². The summed E-state index contributed by atoms with van der Waals surface area (Å²) >= 11 is 0. The molecule has 12 heavy (non-hydrogen) atoms. The number of rotatable bonds is 6. The standard InChI is InChI=1S/C10H16O2/c1-3-5-6-7-8-9-12-10(11)4-2/h3-5H,2,6-9H2,1H3. The molecule has 0 spiro atoms. The van der Waals surface area contributed by atoms with Gasteiger partial charge in [0.15, 0.2) is 0 Å². The van der Waals surface area contributed by atoms with E-state index in [0.29, 0.717) is 6.61 Å². The molecule has 0 N–H and O–H groups in total. The van der Waals surface area contributed by atoms with Crippen LogP contribution in [0.1, 0.15) is 26.2 Å². The second kappa shape index (κ2) is 8.05. The summed E-state index contributed by atoms with van der Waals surface area (Å²) in [6.07, 6.45) is 8.36. The molecule has 0 unspecified atom stereocenters. The molecule has 0 radical (unpaired) electrons. The molecule has 0 aromatic heterocycles. The molecule has 0 rings (SSSR count). The van der Waals surface area contributed by atoms with Gasteiger partial charge in [-0.15, -0.1) is 0 Å². The summed E-state index contributed by atoms with van der Waals surface area (Å²) < 4.78 is 4.79. The fourth-order valence-electron chi connectivity index (χ4n) is 0.763. The molecular weight excluding hydrogens is 152 g/mol. The highest BCUT2D eigenvalue weighted by Gasteiger charge is 1.93. The quantitative estimate of drug-likeness (QED) is 0.263. The van der Waals surface area contributed by atoms with Crippen molar-refractivity contribution in [2.45, 2.75) is 26.2 Å². The molecule has 0 saturated carbocycles. The van der Waals surface area contributed by atoms with Gasteiger partial charge in [0.25, 0.3) is 0 Å². The molecule has 0 bridgehead atoms. The lowest BCUT2D eigenvalue weighted by Crippen LogP contribution is -2.01. The molecule has 0 aliphatic carbocycles.